The number of aliphatic hydroxyl groups excluding tert-OH is 10. The zero-order valence-corrected chi connectivity index (χ0v) is 80.1. The van der Waals surface area contributed by atoms with Crippen LogP contribution in [0.5, 0.6) is 0 Å². The first-order chi connectivity index (χ1) is 85.9. The minimum Gasteiger partial charge on any atom is -0.394 e. The lowest BCUT2D eigenvalue weighted by Crippen LogP contribution is -2.33. The molecule has 0 bridgehead atoms. The van der Waals surface area contributed by atoms with Crippen LogP contribution in [0, 0.1) is 51.0 Å². The van der Waals surface area contributed by atoms with Gasteiger partial charge in [-0.1, -0.05) is 144 Å². The summed E-state index contributed by atoms with van der Waals surface area (Å²) in [7, 11) is 0. The number of benzene rings is 4. The maximum absolute atomic E-state index is 14.8. The van der Waals surface area contributed by atoms with E-state index in [1.165, 1.54) is 27.7 Å². The first-order valence-corrected chi connectivity index (χ1v) is 47.3. The van der Waals surface area contributed by atoms with E-state index in [-0.39, 0.29) is 175 Å². The van der Waals surface area contributed by atoms with Gasteiger partial charge >= 0.3 is 0 Å². The van der Waals surface area contributed by atoms with E-state index in [0.717, 1.165) is 46.4 Å². The minimum absolute atomic E-state index is 0.0135. The van der Waals surface area contributed by atoms with Gasteiger partial charge in [-0.25, -0.2) is 76.2 Å². The summed E-state index contributed by atoms with van der Waals surface area (Å²) < 4.78 is 444. The zero-order chi connectivity index (χ0) is 141. The third-order valence-corrected chi connectivity index (χ3v) is 26.3. The third kappa shape index (κ3) is 23.8. The van der Waals surface area contributed by atoms with Gasteiger partial charge in [0.15, 0.2) is 88.6 Å². The van der Waals surface area contributed by atoms with Gasteiger partial charge in [0, 0.05) is 124 Å². The molecule has 12 aromatic rings. The predicted octanol–water partition coefficient (Wildman–Crippen LogP) is 8.73. The summed E-state index contributed by atoms with van der Waals surface area (Å²) >= 11 is 1.11. The van der Waals surface area contributed by atoms with Crippen molar-refractivity contribution < 1.29 is 158 Å². The number of nitrogens with one attached hydrogen (secondary N) is 4. The molecule has 0 unspecified atom stereocenters. The summed E-state index contributed by atoms with van der Waals surface area (Å²) in [5, 5.41) is 164. The fourth-order valence-corrected chi connectivity index (χ4v) is 17.8. The van der Waals surface area contributed by atoms with E-state index in [0.29, 0.717) is 11.8 Å². The van der Waals surface area contributed by atoms with Gasteiger partial charge in [-0.2, -0.15) is 0 Å². The lowest BCUT2D eigenvalue weighted by Gasteiger charge is -2.17. The minimum atomic E-state index is -3.49. The normalized spacial score (nSPS) is 37.3. The molecule has 144 heavy (non-hydrogen) atoms. The highest BCUT2D eigenvalue weighted by atomic mass is 32.2. The lowest BCUT2D eigenvalue weighted by molar-refractivity contribution is -0.0629. The Morgan fingerprint density at radius 3 is 0.847 bits per heavy atom. The third-order valence-electron chi connectivity index (χ3n) is 23.6. The van der Waals surface area contributed by atoms with E-state index in [9.17, 15) is 73.7 Å². The van der Waals surface area contributed by atoms with Crippen LogP contribution >= 0.6 is 47.0 Å². The van der Waals surface area contributed by atoms with Crippen molar-refractivity contribution in [2.75, 3.05) is 96.8 Å². The number of anilines is 4. The van der Waals surface area contributed by atoms with E-state index >= 15 is 0 Å². The van der Waals surface area contributed by atoms with Crippen LogP contribution in [-0.2, 0) is 18.9 Å². The number of ether oxygens (including phenoxy) is 4. The summed E-state index contributed by atoms with van der Waals surface area (Å²) in [4.78, 5) is 34.0. The van der Waals surface area contributed by atoms with Crippen LogP contribution in [0.4, 0.5) is 40.8 Å². The van der Waals surface area contributed by atoms with Crippen molar-refractivity contribution in [3.8, 4) is 0 Å². The van der Waals surface area contributed by atoms with Crippen molar-refractivity contribution in [2.24, 2.45) is 0 Å². The number of fused-ring (bicyclic) bond motifs is 4. The van der Waals surface area contributed by atoms with E-state index in [2.05, 4.69) is 102 Å². The number of aliphatic hydroxyl groups is 12. The molecule has 8 aliphatic carbocycles. The number of hydrogen-bond donors (Lipinski definition) is 16. The zero-order valence-electron chi connectivity index (χ0n) is 121. The molecule has 40 nitrogen and oxygen atoms in total. The van der Waals surface area contributed by atoms with Crippen LogP contribution in [0.15, 0.2) is 93.1 Å². The molecular formula is C96H124F4N24O16S4. The molecule has 8 fully saturated rings. The predicted molar refractivity (Wildman–Crippen MR) is 530 cm³/mol. The molecule has 0 aliphatic heterocycles. The molecule has 20 rings (SSSR count). The Balaban J connectivity index is 0.000000164. The number of thioether (sulfide) groups is 4. The Morgan fingerprint density at radius 1 is 0.347 bits per heavy atom. The van der Waals surface area contributed by atoms with Gasteiger partial charge in [0.1, 0.15) is 72.1 Å². The smallest absolute Gasteiger partial charge is 0.191 e. The van der Waals surface area contributed by atoms with Gasteiger partial charge in [0.2, 0.25) is 0 Å². The second kappa shape index (κ2) is 47.3. The van der Waals surface area contributed by atoms with Crippen molar-refractivity contribution in [2.45, 2.75) is 298 Å². The number of halogens is 4. The Morgan fingerprint density at radius 2 is 0.604 bits per heavy atom. The summed E-state index contributed by atoms with van der Waals surface area (Å²) in [5.41, 5.74) is -14.9. The Bertz CT molecular complexity index is 8790. The van der Waals surface area contributed by atoms with E-state index in [4.69, 9.17) is 84.4 Å². The number of nitrogens with zero attached hydrogens (tertiary/aromatic N) is 20. The van der Waals surface area contributed by atoms with Crippen LogP contribution in [0.2, 0.25) is 0 Å². The van der Waals surface area contributed by atoms with Gasteiger partial charge in [0.25, 0.3) is 0 Å². The Hall–Kier alpha value is -9.52. The highest BCUT2D eigenvalue weighted by molar-refractivity contribution is 7.99. The average molecular weight is 2120 g/mol. The van der Waals surface area contributed by atoms with Crippen molar-refractivity contribution in [3.05, 3.63) is 140 Å². The van der Waals surface area contributed by atoms with Crippen LogP contribution in [0.3, 0.4) is 0 Å². The average Bonchev–Trinajstić information content (AvgIpc) is 1.53. The molecule has 4 aromatic carbocycles. The van der Waals surface area contributed by atoms with Crippen molar-refractivity contribution in [1.82, 2.24) is 99.8 Å². The molecule has 8 aliphatic rings. The van der Waals surface area contributed by atoms with Crippen molar-refractivity contribution in [1.29, 1.82) is 0 Å². The highest BCUT2D eigenvalue weighted by Gasteiger charge is 2.51. The highest BCUT2D eigenvalue weighted by Crippen LogP contribution is 2.50. The molecule has 16 N–H and O–H groups in total. The van der Waals surface area contributed by atoms with E-state index < -0.39 is 387 Å². The second-order valence-electron chi connectivity index (χ2n) is 33.0. The second-order valence-corrected chi connectivity index (χ2v) is 36.1. The molecule has 48 heteroatoms. The molecule has 24 atom stereocenters. The first-order valence-electron chi connectivity index (χ1n) is 66.0. The van der Waals surface area contributed by atoms with Crippen LogP contribution in [-0.4, -0.2) is 334 Å². The van der Waals surface area contributed by atoms with Gasteiger partial charge in [-0.05, 0) is 148 Å². The summed E-state index contributed by atoms with van der Waals surface area (Å²) in [6.07, 6.45) is -29.8. The molecule has 8 heterocycles. The monoisotopic (exact) mass is 2120 g/mol. The SMILES string of the molecule is [2H]c1c([2H])c([C@]2([2H])C[C@@]2([2H])Nc2nc(SC([2H])([2H])C([2H])([2H])C)nc3c2nnn3[C@@H]2C[C@H](OC([2H])([2H])C([2H])([2H])O)[C@@H](O)[C@H]2O)c([2H])c(F)c1C.[2H]c1c([2H])c([C@]2([2H])C[C@@]2([2H])Nc2nc(SC([2H])([2H])C([2H])([2H])C)nc3c2nnn3[C@@H]2C[C@H](OC([2H])([2H])CO)[C@@H](O)[C@H]2O)c([2H])c(F)c1C.[2H]c1c([2H])c([C@]2([2H])C[C@@]2([2H])Nc2nc(SC([2H])([2H])C([2H])([2H])C)nc3c2nnn3[C@@H]2C[C@H](OCC([2H])([2H])O)[C@@H](O)[C@H]2O)c([2H])c(F)c1C.[2H]c1c([2H])c([C@]2([2H])C[C@@]2([2H])Nc2nc(SC([2H])([2H])C([2H])([2H])C)nc3c2nnn3[C@@H]2C[C@H](OCCO)[C@@H](O)[C@H]2O)c([2H])c(F)c1C. The molecule has 0 saturated heterocycles. The number of aromatic nitrogens is 20. The fraction of sp³-hybridized carbons (Fsp3) is 0.583. The van der Waals surface area contributed by atoms with Crippen molar-refractivity contribution >= 4 is 115 Å². The first kappa shape index (κ1) is 63.3. The Labute approximate surface area is 905 Å². The summed E-state index contributed by atoms with van der Waals surface area (Å²) in [6.45, 7) is -5.44. The lowest BCUT2D eigenvalue weighted by atomic mass is 10.1. The van der Waals surface area contributed by atoms with Gasteiger partial charge in [0.05, 0.1) is 134 Å². The molecule has 0 spiro atoms. The van der Waals surface area contributed by atoms with Crippen LogP contribution in [0.1, 0.15) is 257 Å². The molecule has 0 amide bonds. The molecule has 776 valence electrons. The quantitative estimate of drug-likeness (QED) is 0.00969. The molecule has 8 aromatic heterocycles. The van der Waals surface area contributed by atoms with Crippen LogP contribution < -0.4 is 21.3 Å². The summed E-state index contributed by atoms with van der Waals surface area (Å²) in [5.74, 6) is -14.1. The maximum atomic E-state index is 14.8. The number of hydrogen-bond acceptors (Lipinski definition) is 40. The van der Waals surface area contributed by atoms with Gasteiger partial charge in [-0.3, -0.25) is 0 Å². The molecular weight excluding hydrogens is 1950 g/mol. The topological polar surface area (TPSA) is 554 Å². The maximum Gasteiger partial charge on any atom is 0.191 e. The molecule has 8 saturated carbocycles. The van der Waals surface area contributed by atoms with E-state index in [1.54, 1.807) is 0 Å². The van der Waals surface area contributed by atoms with Crippen molar-refractivity contribution in [3.63, 3.8) is 0 Å². The molecule has 0 radical (unpaired) electrons. The van der Waals surface area contributed by atoms with Gasteiger partial charge in [-0.15, -0.1) is 20.4 Å². The fourth-order valence-electron chi connectivity index (χ4n) is 16.0. The van der Waals surface area contributed by atoms with E-state index in [1.807, 2.05) is 0 Å². The summed E-state index contributed by atoms with van der Waals surface area (Å²) in [6, 6.07) is -20.6. The Kier molecular flexibility index (Phi) is 20.8. The largest absolute Gasteiger partial charge is 0.394 e. The number of rotatable bonds is 40. The van der Waals surface area contributed by atoms with Gasteiger partial charge < -0.3 is 101 Å². The van der Waals surface area contributed by atoms with Crippen LogP contribution in [0.25, 0.3) is 44.7 Å². The standard InChI is InChI=1S/4C24H31FN6O4S/c4*1-3-8-36-24-27-22(26-16-10-14(16)13-5-4-12(2)15(25)9-13)19-23(28-24)31(30-29-19)17-11-18(35-7-6-32)21(34)20(17)33/h4*4-5,9,14,16-18,20-21,32-34H,3,6-8,10-11H2,1-2H3,(H,26,27,28)/t4*14-,16+,17+,18-,20-,21+/m0000/s1/i3D2,4D,5D,6D2,7D2,8D2,9D,14D,16D;3D2,4D,5D,7D2,8D2,9D,14D,16D;3D2,4D,5D,6D2,8D2,9D,14D,16D;3D2,4D,5D,8D2,9D,14D,16D.